The van der Waals surface area contributed by atoms with E-state index in [4.69, 9.17) is 0 Å². The Hall–Kier alpha value is -2.10. The predicted molar refractivity (Wildman–Crippen MR) is 105 cm³/mol. The van der Waals surface area contributed by atoms with Gasteiger partial charge in [0.2, 0.25) is 5.91 Å². The van der Waals surface area contributed by atoms with Crippen molar-refractivity contribution in [3.05, 3.63) is 41.5 Å². The van der Waals surface area contributed by atoms with Gasteiger partial charge in [0.15, 0.2) is 0 Å². The van der Waals surface area contributed by atoms with Crippen LogP contribution in [0.5, 0.6) is 0 Å². The van der Waals surface area contributed by atoms with Gasteiger partial charge in [0, 0.05) is 30.3 Å². The van der Waals surface area contributed by atoms with Crippen molar-refractivity contribution in [1.29, 1.82) is 0 Å². The molecule has 4 nitrogen and oxygen atoms in total. The fourth-order valence-electron chi connectivity index (χ4n) is 5.56. The molecule has 0 radical (unpaired) electrons. The number of rotatable bonds is 4. The van der Waals surface area contributed by atoms with Gasteiger partial charge in [-0.3, -0.25) is 9.59 Å². The molecule has 142 valence electrons. The van der Waals surface area contributed by atoms with Gasteiger partial charge in [-0.25, -0.2) is 0 Å². The number of benzene rings is 1. The number of nitrogens with zero attached hydrogens (tertiary/aromatic N) is 1. The molecule has 1 aromatic rings. The first-order valence-corrected chi connectivity index (χ1v) is 10.5. The second kappa shape index (κ2) is 6.81. The van der Waals surface area contributed by atoms with E-state index in [-0.39, 0.29) is 11.8 Å². The van der Waals surface area contributed by atoms with Crippen LogP contribution in [-0.2, 0) is 4.79 Å². The molecule has 27 heavy (non-hydrogen) atoms. The molecule has 1 aromatic carbocycles. The third-order valence-electron chi connectivity index (χ3n) is 6.89. The summed E-state index contributed by atoms with van der Waals surface area (Å²) in [5.74, 6) is 2.57. The Morgan fingerprint density at radius 3 is 2.26 bits per heavy atom. The molecule has 4 heteroatoms. The summed E-state index contributed by atoms with van der Waals surface area (Å²) < 4.78 is 0. The molecule has 6 rings (SSSR count). The molecule has 1 N–H and O–H groups in total. The van der Waals surface area contributed by atoms with Crippen molar-refractivity contribution in [2.45, 2.75) is 57.0 Å². The third-order valence-corrected chi connectivity index (χ3v) is 6.89. The van der Waals surface area contributed by atoms with E-state index in [1.54, 1.807) is 6.08 Å². The van der Waals surface area contributed by atoms with Crippen LogP contribution in [0.2, 0.25) is 0 Å². The first-order chi connectivity index (χ1) is 13.1. The van der Waals surface area contributed by atoms with E-state index in [2.05, 4.69) is 10.2 Å². The number of carbonyl (C=O) groups is 2. The first-order valence-electron chi connectivity index (χ1n) is 10.5. The van der Waals surface area contributed by atoms with Crippen molar-refractivity contribution in [2.24, 2.45) is 17.8 Å². The largest absolute Gasteiger partial charge is 0.349 e. The topological polar surface area (TPSA) is 49.4 Å². The Balaban J connectivity index is 1.24. The van der Waals surface area contributed by atoms with Crippen LogP contribution in [-0.4, -0.2) is 35.3 Å². The zero-order chi connectivity index (χ0) is 18.4. The van der Waals surface area contributed by atoms with Crippen LogP contribution in [0.1, 0.15) is 60.9 Å². The molecule has 5 aliphatic rings. The Labute approximate surface area is 161 Å². The van der Waals surface area contributed by atoms with Crippen LogP contribution in [0.4, 0.5) is 0 Å². The summed E-state index contributed by atoms with van der Waals surface area (Å²) in [7, 11) is 0. The van der Waals surface area contributed by atoms with E-state index in [1.807, 2.05) is 30.3 Å². The van der Waals surface area contributed by atoms with Crippen molar-refractivity contribution in [2.75, 3.05) is 6.54 Å². The standard InChI is InChI=1S/C23H28N2O2/c26-22(25-14-18-10-16-9-17(11-18)13-21(25)12-16)8-3-15-1-4-19(5-2-15)23(27)24-20-6-7-20/h1-5,8,16-18,20-21H,6-7,9-14H2,(H,24,27)/b8-3+. The molecule has 0 aromatic heterocycles. The van der Waals surface area contributed by atoms with Crippen LogP contribution in [0.3, 0.4) is 0 Å². The molecule has 4 bridgehead atoms. The fourth-order valence-corrected chi connectivity index (χ4v) is 5.56. The molecular weight excluding hydrogens is 336 g/mol. The van der Waals surface area contributed by atoms with Crippen molar-refractivity contribution in [1.82, 2.24) is 10.2 Å². The summed E-state index contributed by atoms with van der Waals surface area (Å²) in [6, 6.07) is 8.34. The monoisotopic (exact) mass is 364 g/mol. The average Bonchev–Trinajstić information content (AvgIpc) is 3.49. The summed E-state index contributed by atoms with van der Waals surface area (Å²) in [4.78, 5) is 27.1. The molecule has 2 aliphatic heterocycles. The number of hydrogen-bond donors (Lipinski definition) is 1. The van der Waals surface area contributed by atoms with Crippen molar-refractivity contribution >= 4 is 17.9 Å². The van der Waals surface area contributed by atoms with E-state index < -0.39 is 0 Å². The smallest absolute Gasteiger partial charge is 0.251 e. The molecule has 2 atom stereocenters. The van der Waals surface area contributed by atoms with Gasteiger partial charge >= 0.3 is 0 Å². The lowest BCUT2D eigenvalue weighted by Crippen LogP contribution is -2.41. The lowest BCUT2D eigenvalue weighted by atomic mass is 9.68. The molecule has 3 saturated carbocycles. The SMILES string of the molecule is O=C(NC1CC1)c1ccc(/C=C/C(=O)N2CC3CC4CC(C3)CC2C4)cc1. The summed E-state index contributed by atoms with van der Waals surface area (Å²) in [5, 5.41) is 3.00. The number of fused-ring (bicyclic) bond motifs is 1. The second-order valence-corrected chi connectivity index (χ2v) is 9.12. The van der Waals surface area contributed by atoms with Gasteiger partial charge < -0.3 is 10.2 Å². The number of nitrogens with one attached hydrogen (secondary N) is 1. The summed E-state index contributed by atoms with van der Waals surface area (Å²) >= 11 is 0. The summed E-state index contributed by atoms with van der Waals surface area (Å²) in [6.07, 6.45) is 12.3. The van der Waals surface area contributed by atoms with Gasteiger partial charge in [-0.15, -0.1) is 0 Å². The third kappa shape index (κ3) is 3.67. The highest BCUT2D eigenvalue weighted by atomic mass is 16.2. The highest BCUT2D eigenvalue weighted by Crippen LogP contribution is 2.47. The Morgan fingerprint density at radius 2 is 1.59 bits per heavy atom. The van der Waals surface area contributed by atoms with E-state index in [1.165, 1.54) is 32.1 Å². The molecular formula is C23H28N2O2. The average molecular weight is 364 g/mol. The lowest BCUT2D eigenvalue weighted by molar-refractivity contribution is -0.128. The minimum absolute atomic E-state index is 0.000451. The van der Waals surface area contributed by atoms with Crippen molar-refractivity contribution in [3.8, 4) is 0 Å². The van der Waals surface area contributed by atoms with Gasteiger partial charge in [0.1, 0.15) is 0 Å². The summed E-state index contributed by atoms with van der Waals surface area (Å²) in [6.45, 7) is 0.946. The lowest BCUT2D eigenvalue weighted by Gasteiger charge is -2.38. The highest BCUT2D eigenvalue weighted by Gasteiger charge is 2.43. The Bertz CT molecular complexity index is 751. The fraction of sp³-hybridized carbons (Fsp3) is 0.565. The zero-order valence-corrected chi connectivity index (χ0v) is 15.8. The summed E-state index contributed by atoms with van der Waals surface area (Å²) in [5.41, 5.74) is 1.65. The van der Waals surface area contributed by atoms with E-state index in [9.17, 15) is 9.59 Å². The van der Waals surface area contributed by atoms with Gasteiger partial charge in [-0.1, -0.05) is 12.1 Å². The normalized spacial score (nSPS) is 31.9. The highest BCUT2D eigenvalue weighted by molar-refractivity contribution is 5.95. The Morgan fingerprint density at radius 1 is 0.926 bits per heavy atom. The molecule has 3 aliphatic carbocycles. The molecule has 0 spiro atoms. The maximum absolute atomic E-state index is 12.9. The molecule has 2 amide bonds. The van der Waals surface area contributed by atoms with Gasteiger partial charge in [-0.2, -0.15) is 0 Å². The maximum Gasteiger partial charge on any atom is 0.251 e. The van der Waals surface area contributed by atoms with E-state index in [0.29, 0.717) is 23.6 Å². The van der Waals surface area contributed by atoms with Gasteiger partial charge in [0.05, 0.1) is 0 Å². The zero-order valence-electron chi connectivity index (χ0n) is 15.8. The minimum Gasteiger partial charge on any atom is -0.349 e. The van der Waals surface area contributed by atoms with Gasteiger partial charge in [0.25, 0.3) is 5.91 Å². The van der Waals surface area contributed by atoms with E-state index >= 15 is 0 Å². The van der Waals surface area contributed by atoms with Crippen molar-refractivity contribution < 1.29 is 9.59 Å². The molecule has 5 fully saturated rings. The number of carbonyl (C=O) groups excluding carboxylic acids is 2. The molecule has 2 unspecified atom stereocenters. The Kier molecular flexibility index (Phi) is 4.30. The molecule has 2 saturated heterocycles. The van der Waals surface area contributed by atoms with Gasteiger partial charge in [-0.05, 0) is 86.5 Å². The van der Waals surface area contributed by atoms with Crippen LogP contribution < -0.4 is 5.32 Å². The molecule has 2 heterocycles. The van der Waals surface area contributed by atoms with Crippen molar-refractivity contribution in [3.63, 3.8) is 0 Å². The number of hydrogen-bond acceptors (Lipinski definition) is 2. The van der Waals surface area contributed by atoms with Crippen LogP contribution >= 0.6 is 0 Å². The number of amides is 2. The van der Waals surface area contributed by atoms with Crippen LogP contribution in [0.15, 0.2) is 30.3 Å². The predicted octanol–water partition coefficient (Wildman–Crippen LogP) is 3.63. The second-order valence-electron chi connectivity index (χ2n) is 9.12. The van der Waals surface area contributed by atoms with Crippen LogP contribution in [0.25, 0.3) is 6.08 Å². The maximum atomic E-state index is 12.9. The van der Waals surface area contributed by atoms with E-state index in [0.717, 1.165) is 36.8 Å². The van der Waals surface area contributed by atoms with Crippen LogP contribution in [0, 0.1) is 17.8 Å². The quantitative estimate of drug-likeness (QED) is 0.830. The minimum atomic E-state index is -0.000451. The first kappa shape index (κ1) is 17.0.